The molecule has 0 spiro atoms. The first-order valence-electron chi connectivity index (χ1n) is 8.01. The Balaban J connectivity index is 2.67. The minimum Gasteiger partial charge on any atom is -0.507 e. The molecule has 0 aliphatic heterocycles. The quantitative estimate of drug-likeness (QED) is 0.301. The molecule has 0 saturated carbocycles. The summed E-state index contributed by atoms with van der Waals surface area (Å²) >= 11 is 0. The van der Waals surface area contributed by atoms with Gasteiger partial charge in [0.05, 0.1) is 24.4 Å². The molecule has 0 heterocycles. The Morgan fingerprint density at radius 3 is 2.04 bits per heavy atom. The van der Waals surface area contributed by atoms with Crippen molar-refractivity contribution in [2.75, 3.05) is 0 Å². The number of carbonyl (C=O) groups is 3. The van der Waals surface area contributed by atoms with Crippen molar-refractivity contribution >= 4 is 17.7 Å². The van der Waals surface area contributed by atoms with Crippen molar-refractivity contribution < 1.29 is 39.9 Å². The van der Waals surface area contributed by atoms with Crippen LogP contribution in [0.2, 0.25) is 0 Å². The van der Waals surface area contributed by atoms with Crippen LogP contribution in [0, 0.1) is 0 Å². The highest BCUT2D eigenvalue weighted by Gasteiger charge is 2.21. The summed E-state index contributed by atoms with van der Waals surface area (Å²) in [6.07, 6.45) is -3.34. The van der Waals surface area contributed by atoms with Gasteiger partial charge in [0.15, 0.2) is 0 Å². The van der Waals surface area contributed by atoms with Gasteiger partial charge in [0.1, 0.15) is 11.5 Å². The lowest BCUT2D eigenvalue weighted by Gasteiger charge is -2.16. The van der Waals surface area contributed by atoms with Gasteiger partial charge in [-0.25, -0.2) is 0 Å². The maximum Gasteiger partial charge on any atom is 0.303 e. The van der Waals surface area contributed by atoms with Crippen molar-refractivity contribution in [2.24, 2.45) is 5.73 Å². The molecule has 9 heteroatoms. The van der Waals surface area contributed by atoms with Gasteiger partial charge in [0, 0.05) is 24.8 Å². The average molecular weight is 369 g/mol. The van der Waals surface area contributed by atoms with E-state index in [4.69, 9.17) is 15.9 Å². The van der Waals surface area contributed by atoms with Crippen molar-refractivity contribution in [3.8, 4) is 5.75 Å². The van der Waals surface area contributed by atoms with Gasteiger partial charge in [0.2, 0.25) is 0 Å². The number of aliphatic hydroxyl groups excluding tert-OH is 3. The number of carboxylic acids is 1. The van der Waals surface area contributed by atoms with Crippen LogP contribution in [0.3, 0.4) is 0 Å². The van der Waals surface area contributed by atoms with Crippen LogP contribution in [0.4, 0.5) is 0 Å². The van der Waals surface area contributed by atoms with Gasteiger partial charge in [-0.3, -0.25) is 14.4 Å². The third-order valence-electron chi connectivity index (χ3n) is 3.97. The van der Waals surface area contributed by atoms with Crippen molar-refractivity contribution in [3.05, 3.63) is 28.8 Å². The number of phenols is 1. The summed E-state index contributed by atoms with van der Waals surface area (Å²) in [7, 11) is 0. The van der Waals surface area contributed by atoms with Gasteiger partial charge in [-0.05, 0) is 18.4 Å². The maximum atomic E-state index is 12.0. The summed E-state index contributed by atoms with van der Waals surface area (Å²) in [5.74, 6) is -2.87. The molecule has 9 nitrogen and oxygen atoms in total. The molecule has 0 aromatic heterocycles. The fraction of sp³-hybridized carbons (Fsp3) is 0.471. The Hall–Kier alpha value is -2.49. The third kappa shape index (κ3) is 6.10. The number of hydrogen-bond acceptors (Lipinski definition) is 7. The van der Waals surface area contributed by atoms with Crippen LogP contribution >= 0.6 is 0 Å². The number of aliphatic carboxylic acids is 1. The van der Waals surface area contributed by atoms with Crippen LogP contribution in [-0.4, -0.2) is 55.4 Å². The van der Waals surface area contributed by atoms with E-state index in [-0.39, 0.29) is 54.6 Å². The van der Waals surface area contributed by atoms with E-state index in [2.05, 4.69) is 0 Å². The number of aliphatic hydroxyl groups is 3. The Morgan fingerprint density at radius 1 is 1.00 bits per heavy atom. The first-order valence-corrected chi connectivity index (χ1v) is 8.01. The van der Waals surface area contributed by atoms with E-state index in [1.165, 1.54) is 12.1 Å². The van der Waals surface area contributed by atoms with Crippen LogP contribution < -0.4 is 5.73 Å². The Morgan fingerprint density at radius 2 is 1.54 bits per heavy atom. The number of aromatic hydroxyl groups is 1. The summed E-state index contributed by atoms with van der Waals surface area (Å²) in [6.45, 7) is -0.500. The molecule has 0 saturated heterocycles. The summed E-state index contributed by atoms with van der Waals surface area (Å²) in [5, 5.41) is 47.2. The van der Waals surface area contributed by atoms with E-state index >= 15 is 0 Å². The van der Waals surface area contributed by atoms with Gasteiger partial charge in [-0.15, -0.1) is 0 Å². The number of primary amides is 1. The molecule has 2 atom stereocenters. The number of rotatable bonds is 11. The van der Waals surface area contributed by atoms with Crippen LogP contribution in [-0.2, 0) is 22.6 Å². The van der Waals surface area contributed by atoms with Crippen LogP contribution in [0.15, 0.2) is 12.1 Å². The molecule has 2 unspecified atom stereocenters. The smallest absolute Gasteiger partial charge is 0.303 e. The highest BCUT2D eigenvalue weighted by molar-refractivity contribution is 5.98. The largest absolute Gasteiger partial charge is 0.507 e. The zero-order chi connectivity index (χ0) is 19.9. The molecule has 1 aromatic carbocycles. The molecule has 144 valence electrons. The highest BCUT2D eigenvalue weighted by Crippen LogP contribution is 2.27. The maximum absolute atomic E-state index is 12.0. The molecule has 0 aliphatic rings. The van der Waals surface area contributed by atoms with Gasteiger partial charge in [-0.1, -0.05) is 12.1 Å². The minimum atomic E-state index is -1.25. The fourth-order valence-electron chi connectivity index (χ4n) is 2.49. The number of nitrogens with two attached hydrogens (primary N) is 1. The van der Waals surface area contributed by atoms with Crippen LogP contribution in [0.5, 0.6) is 5.75 Å². The van der Waals surface area contributed by atoms with Crippen molar-refractivity contribution in [1.82, 2.24) is 0 Å². The summed E-state index contributed by atoms with van der Waals surface area (Å²) in [4.78, 5) is 33.9. The molecule has 0 fully saturated rings. The first-order chi connectivity index (χ1) is 12.2. The second-order valence-electron chi connectivity index (χ2n) is 5.95. The topological polar surface area (TPSA) is 178 Å². The molecule has 0 aliphatic carbocycles. The van der Waals surface area contributed by atoms with Crippen LogP contribution in [0.1, 0.15) is 47.2 Å². The third-order valence-corrected chi connectivity index (χ3v) is 3.97. The Bertz CT molecular complexity index is 673. The second kappa shape index (κ2) is 9.85. The molecule has 1 rings (SSSR count). The monoisotopic (exact) mass is 369 g/mol. The zero-order valence-corrected chi connectivity index (χ0v) is 14.1. The predicted molar refractivity (Wildman–Crippen MR) is 89.4 cm³/mol. The van der Waals surface area contributed by atoms with E-state index in [0.717, 1.165) is 0 Å². The SMILES string of the molecule is NC(=O)c1c(CO)ccc(CC(=O)CCC(O)C(O)CCC(=O)O)c1O. The number of hydrogen-bond donors (Lipinski definition) is 6. The molecule has 26 heavy (non-hydrogen) atoms. The number of amides is 1. The number of carboxylic acid groups (broad SMARTS) is 1. The lowest BCUT2D eigenvalue weighted by Crippen LogP contribution is -2.27. The van der Waals surface area contributed by atoms with Gasteiger partial charge >= 0.3 is 5.97 Å². The molecular formula is C17H23NO8. The van der Waals surface area contributed by atoms with E-state index < -0.39 is 36.4 Å². The van der Waals surface area contributed by atoms with Gasteiger partial charge in [-0.2, -0.15) is 0 Å². The standard InChI is InChI=1S/C17H23NO8/c18-17(26)15-10(8-19)2-1-9(16(15)25)7-11(20)3-4-12(21)13(22)5-6-14(23)24/h1-2,12-13,19,21-22,25H,3-8H2,(H2,18,26)(H,23,24). The van der Waals surface area contributed by atoms with Crippen LogP contribution in [0.25, 0.3) is 0 Å². The number of Topliss-reactive ketones (excluding diaryl/α,β-unsaturated/α-hetero) is 1. The molecule has 0 bridgehead atoms. The second-order valence-corrected chi connectivity index (χ2v) is 5.95. The molecule has 1 amide bonds. The molecule has 1 aromatic rings. The predicted octanol–water partition coefficient (Wildman–Crippen LogP) is -0.538. The average Bonchev–Trinajstić information content (AvgIpc) is 2.58. The summed E-state index contributed by atoms with van der Waals surface area (Å²) < 4.78 is 0. The van der Waals surface area contributed by atoms with Crippen molar-refractivity contribution in [1.29, 1.82) is 0 Å². The minimum absolute atomic E-state index is 0.0716. The first kappa shape index (κ1) is 21.6. The number of ketones is 1. The molecule has 0 radical (unpaired) electrons. The van der Waals surface area contributed by atoms with E-state index in [1.807, 2.05) is 0 Å². The lowest BCUT2D eigenvalue weighted by molar-refractivity contribution is -0.138. The number of carbonyl (C=O) groups excluding carboxylic acids is 2. The number of benzene rings is 1. The fourth-order valence-corrected chi connectivity index (χ4v) is 2.49. The highest BCUT2D eigenvalue weighted by atomic mass is 16.4. The Kier molecular flexibility index (Phi) is 8.17. The normalized spacial score (nSPS) is 13.2. The van der Waals surface area contributed by atoms with E-state index in [0.29, 0.717) is 0 Å². The van der Waals surface area contributed by atoms with Crippen molar-refractivity contribution in [3.63, 3.8) is 0 Å². The van der Waals surface area contributed by atoms with E-state index in [1.54, 1.807) is 0 Å². The molecule has 7 N–H and O–H groups in total. The summed E-state index contributed by atoms with van der Waals surface area (Å²) in [6, 6.07) is 2.77. The van der Waals surface area contributed by atoms with E-state index in [9.17, 15) is 29.7 Å². The summed E-state index contributed by atoms with van der Waals surface area (Å²) in [5.41, 5.74) is 5.22. The lowest BCUT2D eigenvalue weighted by atomic mass is 9.96. The zero-order valence-electron chi connectivity index (χ0n) is 14.1. The molecular weight excluding hydrogens is 346 g/mol. The Labute approximate surface area is 149 Å². The van der Waals surface area contributed by atoms with Gasteiger partial charge < -0.3 is 31.3 Å². The van der Waals surface area contributed by atoms with Crippen molar-refractivity contribution in [2.45, 2.75) is 50.9 Å². The van der Waals surface area contributed by atoms with Gasteiger partial charge in [0.25, 0.3) is 5.91 Å².